The van der Waals surface area contributed by atoms with Gasteiger partial charge in [0.05, 0.1) is 5.02 Å². The minimum absolute atomic E-state index is 0.143. The number of nitrogens with zero attached hydrogens (tertiary/aromatic N) is 1. The van der Waals surface area contributed by atoms with E-state index in [2.05, 4.69) is 10.3 Å². The first-order chi connectivity index (χ1) is 13.6. The van der Waals surface area contributed by atoms with E-state index in [9.17, 15) is 4.79 Å². The number of carbonyl (C=O) groups is 1. The molecule has 0 saturated carbocycles. The summed E-state index contributed by atoms with van der Waals surface area (Å²) < 4.78 is 11.3. The van der Waals surface area contributed by atoms with Crippen LogP contribution in [0.1, 0.15) is 5.56 Å². The molecule has 0 radical (unpaired) electrons. The van der Waals surface area contributed by atoms with E-state index in [-0.39, 0.29) is 12.5 Å². The molecule has 1 amide bonds. The van der Waals surface area contributed by atoms with Crippen LogP contribution in [0, 0.1) is 6.92 Å². The van der Waals surface area contributed by atoms with Crippen molar-refractivity contribution in [3.8, 4) is 17.2 Å². The van der Waals surface area contributed by atoms with Crippen molar-refractivity contribution >= 4 is 34.3 Å². The van der Waals surface area contributed by atoms with Gasteiger partial charge in [0.2, 0.25) is 5.89 Å². The molecule has 6 heteroatoms. The highest BCUT2D eigenvalue weighted by Crippen LogP contribution is 2.27. The summed E-state index contributed by atoms with van der Waals surface area (Å²) in [4.78, 5) is 16.7. The van der Waals surface area contributed by atoms with Crippen molar-refractivity contribution in [2.45, 2.75) is 6.92 Å². The Kier molecular flexibility index (Phi) is 5.00. The van der Waals surface area contributed by atoms with Gasteiger partial charge in [0, 0.05) is 11.3 Å². The van der Waals surface area contributed by atoms with Gasteiger partial charge >= 0.3 is 0 Å². The number of carbonyl (C=O) groups excluding carboxylic acids is 1. The quantitative estimate of drug-likeness (QED) is 0.488. The second kappa shape index (κ2) is 7.74. The van der Waals surface area contributed by atoms with Gasteiger partial charge in [-0.3, -0.25) is 4.79 Å². The lowest BCUT2D eigenvalue weighted by Crippen LogP contribution is -2.20. The fraction of sp³-hybridized carbons (Fsp3) is 0.0909. The lowest BCUT2D eigenvalue weighted by atomic mass is 10.2. The van der Waals surface area contributed by atoms with E-state index in [0.29, 0.717) is 22.4 Å². The SMILES string of the molecule is Cc1ccc2oc(-c3cccc(NC(=O)COc4ccccc4Cl)c3)nc2c1. The number of halogens is 1. The van der Waals surface area contributed by atoms with Crippen LogP contribution in [-0.2, 0) is 4.79 Å². The summed E-state index contributed by atoms with van der Waals surface area (Å²) in [6.45, 7) is 1.87. The van der Waals surface area contributed by atoms with E-state index in [4.69, 9.17) is 20.8 Å². The molecular weight excluding hydrogens is 376 g/mol. The van der Waals surface area contributed by atoms with Gasteiger partial charge in [0.1, 0.15) is 11.3 Å². The number of benzene rings is 3. The first-order valence-electron chi connectivity index (χ1n) is 8.73. The molecule has 0 aliphatic heterocycles. The average Bonchev–Trinajstić information content (AvgIpc) is 3.11. The predicted octanol–water partition coefficient (Wildman–Crippen LogP) is 5.47. The Morgan fingerprint density at radius 2 is 1.96 bits per heavy atom. The summed E-state index contributed by atoms with van der Waals surface area (Å²) in [5, 5.41) is 3.27. The molecule has 3 aromatic carbocycles. The fourth-order valence-electron chi connectivity index (χ4n) is 2.79. The van der Waals surface area contributed by atoms with Gasteiger partial charge in [-0.15, -0.1) is 0 Å². The summed E-state index contributed by atoms with van der Waals surface area (Å²) in [5.74, 6) is 0.684. The Balaban J connectivity index is 1.47. The van der Waals surface area contributed by atoms with Crippen LogP contribution in [0.4, 0.5) is 5.69 Å². The molecule has 0 aliphatic carbocycles. The van der Waals surface area contributed by atoms with Crippen LogP contribution in [0.3, 0.4) is 0 Å². The van der Waals surface area contributed by atoms with Crippen molar-refractivity contribution in [2.24, 2.45) is 0 Å². The Labute approximate surface area is 166 Å². The smallest absolute Gasteiger partial charge is 0.262 e. The van der Waals surface area contributed by atoms with Gasteiger partial charge in [0.15, 0.2) is 12.2 Å². The summed E-state index contributed by atoms with van der Waals surface area (Å²) in [6.07, 6.45) is 0. The zero-order valence-electron chi connectivity index (χ0n) is 15.1. The van der Waals surface area contributed by atoms with Gasteiger partial charge in [-0.1, -0.05) is 35.9 Å². The minimum Gasteiger partial charge on any atom is -0.482 e. The molecule has 140 valence electrons. The molecular formula is C22H17ClN2O3. The monoisotopic (exact) mass is 392 g/mol. The van der Waals surface area contributed by atoms with Crippen molar-refractivity contribution in [2.75, 3.05) is 11.9 Å². The molecule has 4 rings (SSSR count). The van der Waals surface area contributed by atoms with Crippen molar-refractivity contribution in [1.82, 2.24) is 4.98 Å². The zero-order chi connectivity index (χ0) is 19.5. The number of hydrogen-bond donors (Lipinski definition) is 1. The topological polar surface area (TPSA) is 64.4 Å². The van der Waals surface area contributed by atoms with E-state index in [0.717, 1.165) is 22.2 Å². The number of oxazole rings is 1. The van der Waals surface area contributed by atoms with Crippen LogP contribution < -0.4 is 10.1 Å². The first-order valence-corrected chi connectivity index (χ1v) is 9.11. The molecule has 0 fully saturated rings. The van der Waals surface area contributed by atoms with Crippen LogP contribution in [0.15, 0.2) is 71.1 Å². The first kappa shape index (κ1) is 18.1. The summed E-state index contributed by atoms with van der Waals surface area (Å²) in [6, 6.07) is 20.2. The fourth-order valence-corrected chi connectivity index (χ4v) is 2.98. The van der Waals surface area contributed by atoms with Gasteiger partial charge in [0.25, 0.3) is 5.91 Å². The molecule has 4 aromatic rings. The number of hydrogen-bond acceptors (Lipinski definition) is 4. The third kappa shape index (κ3) is 4.00. The molecule has 1 N–H and O–H groups in total. The number of aryl methyl sites for hydroxylation is 1. The van der Waals surface area contributed by atoms with Crippen LogP contribution in [0.25, 0.3) is 22.6 Å². The number of ether oxygens (including phenoxy) is 1. The molecule has 5 nitrogen and oxygen atoms in total. The van der Waals surface area contributed by atoms with Crippen LogP contribution >= 0.6 is 11.6 Å². The molecule has 0 unspecified atom stereocenters. The lowest BCUT2D eigenvalue weighted by molar-refractivity contribution is -0.118. The van der Waals surface area contributed by atoms with Gasteiger partial charge in [-0.25, -0.2) is 4.98 Å². The maximum Gasteiger partial charge on any atom is 0.262 e. The Morgan fingerprint density at radius 3 is 2.82 bits per heavy atom. The number of nitrogens with one attached hydrogen (secondary N) is 1. The maximum absolute atomic E-state index is 12.2. The van der Waals surface area contributed by atoms with Crippen LogP contribution in [-0.4, -0.2) is 17.5 Å². The van der Waals surface area contributed by atoms with Crippen molar-refractivity contribution in [3.63, 3.8) is 0 Å². The highest BCUT2D eigenvalue weighted by Gasteiger charge is 2.11. The predicted molar refractivity (Wildman–Crippen MR) is 110 cm³/mol. The lowest BCUT2D eigenvalue weighted by Gasteiger charge is -2.09. The molecule has 0 bridgehead atoms. The second-order valence-electron chi connectivity index (χ2n) is 6.34. The molecule has 1 aromatic heterocycles. The highest BCUT2D eigenvalue weighted by atomic mass is 35.5. The number of anilines is 1. The number of aromatic nitrogens is 1. The van der Waals surface area contributed by atoms with E-state index in [1.54, 1.807) is 30.3 Å². The molecule has 1 heterocycles. The second-order valence-corrected chi connectivity index (χ2v) is 6.75. The summed E-state index contributed by atoms with van der Waals surface area (Å²) >= 11 is 6.03. The largest absolute Gasteiger partial charge is 0.482 e. The number of para-hydroxylation sites is 1. The van der Waals surface area contributed by atoms with E-state index in [1.807, 2.05) is 43.3 Å². The van der Waals surface area contributed by atoms with Crippen molar-refractivity contribution in [1.29, 1.82) is 0 Å². The molecule has 28 heavy (non-hydrogen) atoms. The Morgan fingerprint density at radius 1 is 1.11 bits per heavy atom. The third-order valence-electron chi connectivity index (χ3n) is 4.13. The van der Waals surface area contributed by atoms with E-state index in [1.165, 1.54) is 0 Å². The molecule has 0 aliphatic rings. The third-order valence-corrected chi connectivity index (χ3v) is 4.44. The van der Waals surface area contributed by atoms with Crippen LogP contribution in [0.5, 0.6) is 5.75 Å². The summed E-state index contributed by atoms with van der Waals surface area (Å²) in [5.41, 5.74) is 4.05. The number of fused-ring (bicyclic) bond motifs is 1. The average molecular weight is 393 g/mol. The van der Waals surface area contributed by atoms with Crippen LogP contribution in [0.2, 0.25) is 5.02 Å². The highest BCUT2D eigenvalue weighted by molar-refractivity contribution is 6.32. The van der Waals surface area contributed by atoms with Gasteiger partial charge in [-0.2, -0.15) is 0 Å². The Bertz CT molecular complexity index is 1150. The maximum atomic E-state index is 12.2. The van der Waals surface area contributed by atoms with Gasteiger partial charge < -0.3 is 14.5 Å². The Hall–Kier alpha value is -3.31. The number of amides is 1. The zero-order valence-corrected chi connectivity index (χ0v) is 15.9. The molecule has 0 atom stereocenters. The number of rotatable bonds is 5. The standard InChI is InChI=1S/C22H17ClN2O3/c1-14-9-10-20-18(11-14)25-22(28-20)15-5-4-6-16(12-15)24-21(26)13-27-19-8-3-2-7-17(19)23/h2-12H,13H2,1H3,(H,24,26). The van der Waals surface area contributed by atoms with E-state index < -0.39 is 0 Å². The molecule has 0 spiro atoms. The van der Waals surface area contributed by atoms with Crippen molar-refractivity contribution in [3.05, 3.63) is 77.3 Å². The normalized spacial score (nSPS) is 10.8. The van der Waals surface area contributed by atoms with Crippen molar-refractivity contribution < 1.29 is 13.9 Å². The van der Waals surface area contributed by atoms with E-state index >= 15 is 0 Å². The summed E-state index contributed by atoms with van der Waals surface area (Å²) in [7, 11) is 0. The minimum atomic E-state index is -0.287. The molecule has 0 saturated heterocycles. The van der Waals surface area contributed by atoms with Gasteiger partial charge in [-0.05, 0) is 55.0 Å².